The van der Waals surface area contributed by atoms with Crippen LogP contribution in [-0.4, -0.2) is 0 Å². The molecule has 0 atom stereocenters. The third kappa shape index (κ3) is 4.15. The summed E-state index contributed by atoms with van der Waals surface area (Å²) in [4.78, 5) is 2.49. The molecule has 0 aromatic heterocycles. The minimum absolute atomic E-state index is 0.123. The van der Waals surface area contributed by atoms with E-state index in [1.807, 2.05) is 0 Å². The van der Waals surface area contributed by atoms with Gasteiger partial charge in [0.25, 0.3) is 0 Å². The fourth-order valence-electron chi connectivity index (χ4n) is 9.27. The molecule has 0 saturated carbocycles. The van der Waals surface area contributed by atoms with Gasteiger partial charge >= 0.3 is 0 Å². The molecule has 0 heterocycles. The maximum Gasteiger partial charge on any atom is 0.0713 e. The Morgan fingerprint density at radius 1 is 0.392 bits per heavy atom. The molecule has 0 N–H and O–H groups in total. The Bertz CT molecular complexity index is 2550. The average molecular weight is 652 g/mol. The first-order chi connectivity index (χ1) is 25.1. The van der Waals surface area contributed by atoms with Crippen LogP contribution >= 0.6 is 0 Å². The Kier molecular flexibility index (Phi) is 6.51. The van der Waals surface area contributed by atoms with E-state index in [-0.39, 0.29) is 5.41 Å². The molecule has 0 saturated heterocycles. The first-order valence-corrected chi connectivity index (χ1v) is 18.0. The molecule has 1 nitrogen and oxygen atoms in total. The van der Waals surface area contributed by atoms with Gasteiger partial charge in [0.2, 0.25) is 0 Å². The normalized spacial score (nSPS) is 14.4. The molecule has 0 unspecified atom stereocenters. The summed E-state index contributed by atoms with van der Waals surface area (Å²) in [6.07, 6.45) is 0. The molecule has 2 aliphatic rings. The number of rotatable bonds is 5. The summed E-state index contributed by atoms with van der Waals surface area (Å²) in [5, 5.41) is 2.50. The van der Waals surface area contributed by atoms with Gasteiger partial charge in [-0.15, -0.1) is 0 Å². The smallest absolute Gasteiger partial charge is 0.0713 e. The molecular weight excluding hydrogens is 615 g/mol. The number of para-hydroxylation sites is 1. The van der Waals surface area contributed by atoms with Crippen LogP contribution in [0.15, 0.2) is 188 Å². The second-order valence-corrected chi connectivity index (χ2v) is 14.5. The highest BCUT2D eigenvalue weighted by molar-refractivity contribution is 6.09. The number of benzene rings is 8. The Morgan fingerprint density at radius 3 is 1.55 bits per heavy atom. The Balaban J connectivity index is 1.25. The van der Waals surface area contributed by atoms with Gasteiger partial charge in [-0.3, -0.25) is 0 Å². The lowest BCUT2D eigenvalue weighted by atomic mass is 9.68. The van der Waals surface area contributed by atoms with E-state index in [9.17, 15) is 0 Å². The molecule has 1 heteroatoms. The van der Waals surface area contributed by atoms with Crippen molar-refractivity contribution in [3.8, 4) is 22.3 Å². The molecule has 51 heavy (non-hydrogen) atoms. The van der Waals surface area contributed by atoms with Crippen LogP contribution in [0.5, 0.6) is 0 Å². The maximum atomic E-state index is 2.49. The van der Waals surface area contributed by atoms with Gasteiger partial charge in [0.1, 0.15) is 0 Å². The summed E-state index contributed by atoms with van der Waals surface area (Å²) in [6, 6.07) is 69.6. The molecular formula is C50H37N. The molecule has 242 valence electrons. The fourth-order valence-corrected chi connectivity index (χ4v) is 9.27. The first-order valence-electron chi connectivity index (χ1n) is 18.0. The van der Waals surface area contributed by atoms with Gasteiger partial charge in [-0.2, -0.15) is 0 Å². The number of hydrogen-bond acceptors (Lipinski definition) is 1. The van der Waals surface area contributed by atoms with Crippen molar-refractivity contribution in [2.24, 2.45) is 0 Å². The molecule has 8 aromatic rings. The van der Waals surface area contributed by atoms with Crippen LogP contribution in [0.25, 0.3) is 33.0 Å². The summed E-state index contributed by atoms with van der Waals surface area (Å²) in [5.74, 6) is 0. The van der Waals surface area contributed by atoms with Crippen molar-refractivity contribution in [3.63, 3.8) is 0 Å². The number of nitrogens with zero attached hydrogens (tertiary/aromatic N) is 1. The predicted octanol–water partition coefficient (Wildman–Crippen LogP) is 13.0. The molecule has 10 rings (SSSR count). The number of anilines is 3. The topological polar surface area (TPSA) is 3.24 Å². The van der Waals surface area contributed by atoms with E-state index in [1.165, 1.54) is 72.1 Å². The van der Waals surface area contributed by atoms with E-state index in [1.54, 1.807) is 0 Å². The second kappa shape index (κ2) is 11.2. The lowest BCUT2D eigenvalue weighted by molar-refractivity contribution is 0.661. The van der Waals surface area contributed by atoms with Crippen molar-refractivity contribution < 1.29 is 0 Å². The average Bonchev–Trinajstić information content (AvgIpc) is 3.62. The third-order valence-corrected chi connectivity index (χ3v) is 11.5. The standard InChI is InChI=1S/C50H37N/c1-49(2)43-26-14-13-25-42(43)47-46(49)33-34-17-9-10-22-39(34)48(47)51(37-20-7-4-8-21-37)38-31-29-36(30-32-38)50(35-18-5-3-6-19-35)44-27-15-11-23-40(44)41-24-12-16-28-45(41)50/h3-33H,1-2H3. The minimum atomic E-state index is -0.436. The van der Waals surface area contributed by atoms with Crippen molar-refractivity contribution in [1.29, 1.82) is 0 Å². The molecule has 0 bridgehead atoms. The van der Waals surface area contributed by atoms with Crippen LogP contribution in [0.2, 0.25) is 0 Å². The molecule has 0 aliphatic heterocycles. The SMILES string of the molecule is CC1(C)c2ccccc2-c2c1cc1ccccc1c2N(c1ccccc1)c1ccc(C2(c3ccccc3)c3ccccc3-c3ccccc32)cc1. The Morgan fingerprint density at radius 2 is 0.882 bits per heavy atom. The van der Waals surface area contributed by atoms with Crippen molar-refractivity contribution in [2.45, 2.75) is 24.7 Å². The van der Waals surface area contributed by atoms with E-state index in [2.05, 4.69) is 207 Å². The van der Waals surface area contributed by atoms with Crippen LogP contribution < -0.4 is 4.90 Å². The van der Waals surface area contributed by atoms with Crippen molar-refractivity contribution in [2.75, 3.05) is 4.90 Å². The Hall–Kier alpha value is -6.18. The van der Waals surface area contributed by atoms with Gasteiger partial charge in [-0.25, -0.2) is 0 Å². The molecule has 0 spiro atoms. The quantitative estimate of drug-likeness (QED) is 0.179. The largest absolute Gasteiger partial charge is 0.309 e. The van der Waals surface area contributed by atoms with Gasteiger partial charge in [-0.1, -0.05) is 172 Å². The van der Waals surface area contributed by atoms with Gasteiger partial charge in [0.05, 0.1) is 11.1 Å². The van der Waals surface area contributed by atoms with Crippen molar-refractivity contribution in [3.05, 3.63) is 221 Å². The van der Waals surface area contributed by atoms with E-state index >= 15 is 0 Å². The number of fused-ring (bicyclic) bond motifs is 7. The highest BCUT2D eigenvalue weighted by atomic mass is 15.1. The second-order valence-electron chi connectivity index (χ2n) is 14.5. The first kappa shape index (κ1) is 29.7. The molecule has 8 aromatic carbocycles. The van der Waals surface area contributed by atoms with E-state index in [4.69, 9.17) is 0 Å². The van der Waals surface area contributed by atoms with Gasteiger partial charge in [0.15, 0.2) is 0 Å². The van der Waals surface area contributed by atoms with Crippen LogP contribution in [0.3, 0.4) is 0 Å². The lowest BCUT2D eigenvalue weighted by Crippen LogP contribution is -2.28. The van der Waals surface area contributed by atoms with E-state index in [0.29, 0.717) is 0 Å². The molecule has 0 radical (unpaired) electrons. The van der Waals surface area contributed by atoms with Gasteiger partial charge in [-0.05, 0) is 85.8 Å². The van der Waals surface area contributed by atoms with Crippen molar-refractivity contribution >= 4 is 27.8 Å². The zero-order chi connectivity index (χ0) is 34.2. The highest BCUT2D eigenvalue weighted by Gasteiger charge is 2.46. The third-order valence-electron chi connectivity index (χ3n) is 11.5. The van der Waals surface area contributed by atoms with Crippen LogP contribution in [-0.2, 0) is 10.8 Å². The minimum Gasteiger partial charge on any atom is -0.309 e. The summed E-state index contributed by atoms with van der Waals surface area (Å²) >= 11 is 0. The fraction of sp³-hybridized carbons (Fsp3) is 0.0800. The van der Waals surface area contributed by atoms with Gasteiger partial charge < -0.3 is 4.90 Å². The van der Waals surface area contributed by atoms with E-state index in [0.717, 1.165) is 11.4 Å². The van der Waals surface area contributed by atoms with Crippen LogP contribution in [0.4, 0.5) is 17.1 Å². The molecule has 2 aliphatic carbocycles. The lowest BCUT2D eigenvalue weighted by Gasteiger charge is -2.35. The summed E-state index contributed by atoms with van der Waals surface area (Å²) in [5.41, 5.74) is 16.1. The summed E-state index contributed by atoms with van der Waals surface area (Å²) in [7, 11) is 0. The predicted molar refractivity (Wildman–Crippen MR) is 213 cm³/mol. The summed E-state index contributed by atoms with van der Waals surface area (Å²) in [6.45, 7) is 4.75. The highest BCUT2D eigenvalue weighted by Crippen LogP contribution is 2.58. The Labute approximate surface area is 300 Å². The van der Waals surface area contributed by atoms with Crippen LogP contribution in [0, 0.1) is 0 Å². The number of hydrogen-bond donors (Lipinski definition) is 0. The van der Waals surface area contributed by atoms with Crippen molar-refractivity contribution in [1.82, 2.24) is 0 Å². The summed E-state index contributed by atoms with van der Waals surface area (Å²) < 4.78 is 0. The molecule has 0 fully saturated rings. The van der Waals surface area contributed by atoms with Gasteiger partial charge in [0, 0.05) is 27.7 Å². The maximum absolute atomic E-state index is 2.49. The van der Waals surface area contributed by atoms with E-state index < -0.39 is 5.41 Å². The van der Waals surface area contributed by atoms with Crippen LogP contribution in [0.1, 0.15) is 47.2 Å². The molecule has 0 amide bonds. The monoisotopic (exact) mass is 651 g/mol. The zero-order valence-electron chi connectivity index (χ0n) is 28.8. The zero-order valence-corrected chi connectivity index (χ0v) is 28.8.